The van der Waals surface area contributed by atoms with Gasteiger partial charge in [-0.2, -0.15) is 11.3 Å². The van der Waals surface area contributed by atoms with Crippen molar-refractivity contribution in [3.05, 3.63) is 58.4 Å². The van der Waals surface area contributed by atoms with Crippen LogP contribution >= 0.6 is 11.3 Å². The van der Waals surface area contributed by atoms with Crippen LogP contribution in [0.1, 0.15) is 18.2 Å². The van der Waals surface area contributed by atoms with E-state index in [1.54, 1.807) is 11.3 Å². The van der Waals surface area contributed by atoms with Gasteiger partial charge in [0.05, 0.1) is 0 Å². The molecule has 3 aromatic rings. The number of nitrogens with one attached hydrogen (secondary N) is 1. The van der Waals surface area contributed by atoms with Gasteiger partial charge in [0.2, 0.25) is 0 Å². The van der Waals surface area contributed by atoms with Crippen LogP contribution in [0.25, 0.3) is 10.9 Å². The van der Waals surface area contributed by atoms with E-state index in [1.807, 2.05) is 0 Å². The second-order valence-electron chi connectivity index (χ2n) is 4.69. The molecule has 1 aromatic carbocycles. The third-order valence-corrected chi connectivity index (χ3v) is 4.11. The number of aromatic nitrogens is 1. The first kappa shape index (κ1) is 12.5. The van der Waals surface area contributed by atoms with Crippen molar-refractivity contribution < 1.29 is 0 Å². The summed E-state index contributed by atoms with van der Waals surface area (Å²) in [5.41, 5.74) is 4.06. The van der Waals surface area contributed by atoms with Crippen molar-refractivity contribution in [2.75, 3.05) is 6.54 Å². The van der Waals surface area contributed by atoms with Crippen LogP contribution in [0.3, 0.4) is 0 Å². The number of hydrogen-bond donors (Lipinski definition) is 1. The molecule has 98 valence electrons. The van der Waals surface area contributed by atoms with Gasteiger partial charge in [0.25, 0.3) is 0 Å². The largest absolute Gasteiger partial charge is 0.339 e. The minimum Gasteiger partial charge on any atom is -0.339 e. The highest BCUT2D eigenvalue weighted by molar-refractivity contribution is 7.07. The van der Waals surface area contributed by atoms with Crippen molar-refractivity contribution in [3.8, 4) is 0 Å². The van der Waals surface area contributed by atoms with E-state index in [0.717, 1.165) is 19.6 Å². The van der Waals surface area contributed by atoms with Gasteiger partial charge in [-0.1, -0.05) is 25.1 Å². The minimum absolute atomic E-state index is 0.926. The third kappa shape index (κ3) is 2.57. The number of hydrogen-bond acceptors (Lipinski definition) is 2. The quantitative estimate of drug-likeness (QED) is 0.745. The molecule has 0 bridgehead atoms. The lowest BCUT2D eigenvalue weighted by Crippen LogP contribution is -2.15. The van der Waals surface area contributed by atoms with E-state index < -0.39 is 0 Å². The fraction of sp³-hybridized carbons (Fsp3) is 0.250. The van der Waals surface area contributed by atoms with Crippen LogP contribution in [0.2, 0.25) is 0 Å². The number of nitrogens with zero attached hydrogens (tertiary/aromatic N) is 1. The molecular formula is C16H18N2S. The molecule has 3 heteroatoms. The molecule has 0 fully saturated rings. The van der Waals surface area contributed by atoms with Crippen LogP contribution in [0.4, 0.5) is 0 Å². The Morgan fingerprint density at radius 1 is 1.21 bits per heavy atom. The van der Waals surface area contributed by atoms with Crippen LogP contribution in [-0.4, -0.2) is 11.1 Å². The molecule has 0 atom stereocenters. The van der Waals surface area contributed by atoms with E-state index in [4.69, 9.17) is 0 Å². The van der Waals surface area contributed by atoms with E-state index in [1.165, 1.54) is 22.2 Å². The first-order valence-corrected chi connectivity index (χ1v) is 7.61. The van der Waals surface area contributed by atoms with Crippen LogP contribution in [0.15, 0.2) is 47.2 Å². The van der Waals surface area contributed by atoms with Crippen molar-refractivity contribution >= 4 is 22.2 Å². The predicted octanol–water partition coefficient (Wildman–Crippen LogP) is 3.86. The SMILES string of the molecule is CCNCc1cc2ccccc2n1Cc1ccsc1. The van der Waals surface area contributed by atoms with E-state index in [9.17, 15) is 0 Å². The summed E-state index contributed by atoms with van der Waals surface area (Å²) in [7, 11) is 0. The van der Waals surface area contributed by atoms with Crippen LogP contribution in [0, 0.1) is 0 Å². The Balaban J connectivity index is 2.02. The van der Waals surface area contributed by atoms with Crippen molar-refractivity contribution in [1.29, 1.82) is 0 Å². The van der Waals surface area contributed by atoms with Crippen LogP contribution < -0.4 is 5.32 Å². The summed E-state index contributed by atoms with van der Waals surface area (Å²) in [6.45, 7) is 5.03. The fourth-order valence-corrected chi connectivity index (χ4v) is 3.08. The lowest BCUT2D eigenvalue weighted by atomic mass is 10.2. The maximum atomic E-state index is 3.43. The molecule has 0 aliphatic carbocycles. The molecule has 2 aromatic heterocycles. The second kappa shape index (κ2) is 5.59. The summed E-state index contributed by atoms with van der Waals surface area (Å²) < 4.78 is 2.42. The molecule has 2 heterocycles. The molecule has 0 unspecified atom stereocenters. The summed E-state index contributed by atoms with van der Waals surface area (Å²) in [5, 5.41) is 9.12. The fourth-order valence-electron chi connectivity index (χ4n) is 2.42. The Morgan fingerprint density at radius 3 is 2.89 bits per heavy atom. The van der Waals surface area contributed by atoms with Gasteiger partial charge < -0.3 is 9.88 Å². The van der Waals surface area contributed by atoms with Gasteiger partial charge in [0.15, 0.2) is 0 Å². The summed E-state index contributed by atoms with van der Waals surface area (Å²) >= 11 is 1.76. The molecule has 2 nitrogen and oxygen atoms in total. The molecule has 19 heavy (non-hydrogen) atoms. The predicted molar refractivity (Wildman–Crippen MR) is 82.7 cm³/mol. The monoisotopic (exact) mass is 270 g/mol. The van der Waals surface area contributed by atoms with Gasteiger partial charge in [-0.15, -0.1) is 0 Å². The Morgan fingerprint density at radius 2 is 2.11 bits per heavy atom. The number of para-hydroxylation sites is 1. The maximum Gasteiger partial charge on any atom is 0.0487 e. The maximum absolute atomic E-state index is 3.43. The van der Waals surface area contributed by atoms with Gasteiger partial charge in [0.1, 0.15) is 0 Å². The molecule has 1 N–H and O–H groups in total. The van der Waals surface area contributed by atoms with Gasteiger partial charge in [0, 0.05) is 24.3 Å². The summed E-state index contributed by atoms with van der Waals surface area (Å²) in [4.78, 5) is 0. The van der Waals surface area contributed by atoms with E-state index in [2.05, 4.69) is 64.0 Å². The highest BCUT2D eigenvalue weighted by Gasteiger charge is 2.08. The summed E-state index contributed by atoms with van der Waals surface area (Å²) in [5.74, 6) is 0. The van der Waals surface area contributed by atoms with Crippen molar-refractivity contribution in [2.24, 2.45) is 0 Å². The van der Waals surface area contributed by atoms with Crippen LogP contribution in [-0.2, 0) is 13.1 Å². The number of rotatable bonds is 5. The second-order valence-corrected chi connectivity index (χ2v) is 5.47. The molecule has 3 rings (SSSR count). The average Bonchev–Trinajstić information content (AvgIpc) is 3.06. The van der Waals surface area contributed by atoms with Crippen molar-refractivity contribution in [1.82, 2.24) is 9.88 Å². The summed E-state index contributed by atoms with van der Waals surface area (Å²) in [6, 6.07) is 13.1. The Labute approximate surface area is 117 Å². The number of fused-ring (bicyclic) bond motifs is 1. The Bertz CT molecular complexity index is 653. The van der Waals surface area contributed by atoms with Gasteiger partial charge in [-0.05, 0) is 46.5 Å². The molecule has 0 saturated carbocycles. The lowest BCUT2D eigenvalue weighted by molar-refractivity contribution is 0.667. The smallest absolute Gasteiger partial charge is 0.0487 e. The highest BCUT2D eigenvalue weighted by atomic mass is 32.1. The molecular weight excluding hydrogens is 252 g/mol. The number of thiophene rings is 1. The van der Waals surface area contributed by atoms with Crippen LogP contribution in [0.5, 0.6) is 0 Å². The first-order chi connectivity index (χ1) is 9.38. The molecule has 0 aliphatic heterocycles. The van der Waals surface area contributed by atoms with Gasteiger partial charge in [-0.25, -0.2) is 0 Å². The Kier molecular flexibility index (Phi) is 3.67. The topological polar surface area (TPSA) is 17.0 Å². The Hall–Kier alpha value is -1.58. The minimum atomic E-state index is 0.926. The van der Waals surface area contributed by atoms with Crippen molar-refractivity contribution in [3.63, 3.8) is 0 Å². The molecule has 0 radical (unpaired) electrons. The molecule has 0 amide bonds. The van der Waals surface area contributed by atoms with E-state index >= 15 is 0 Å². The number of benzene rings is 1. The average molecular weight is 270 g/mol. The summed E-state index contributed by atoms with van der Waals surface area (Å²) in [6.07, 6.45) is 0. The molecule has 0 spiro atoms. The van der Waals surface area contributed by atoms with Crippen molar-refractivity contribution in [2.45, 2.75) is 20.0 Å². The zero-order valence-corrected chi connectivity index (χ0v) is 11.9. The van der Waals surface area contributed by atoms with Gasteiger partial charge in [-0.3, -0.25) is 0 Å². The zero-order valence-electron chi connectivity index (χ0n) is 11.1. The molecule has 0 saturated heterocycles. The lowest BCUT2D eigenvalue weighted by Gasteiger charge is -2.10. The third-order valence-electron chi connectivity index (χ3n) is 3.37. The highest BCUT2D eigenvalue weighted by Crippen LogP contribution is 2.22. The van der Waals surface area contributed by atoms with Gasteiger partial charge >= 0.3 is 0 Å². The normalized spacial score (nSPS) is 11.2. The standard InChI is InChI=1S/C16H18N2S/c1-2-17-10-15-9-14-5-3-4-6-16(14)18(15)11-13-7-8-19-12-13/h3-9,12,17H,2,10-11H2,1H3. The van der Waals surface area contributed by atoms with E-state index in [-0.39, 0.29) is 0 Å². The molecule has 0 aliphatic rings. The first-order valence-electron chi connectivity index (χ1n) is 6.67. The zero-order chi connectivity index (χ0) is 13.1. The van der Waals surface area contributed by atoms with E-state index in [0.29, 0.717) is 0 Å².